The van der Waals surface area contributed by atoms with E-state index >= 15 is 0 Å². The average molecular weight is 244 g/mol. The van der Waals surface area contributed by atoms with Gasteiger partial charge in [0.15, 0.2) is 0 Å². The molecule has 0 bridgehead atoms. The highest BCUT2D eigenvalue weighted by atomic mass is 35.5. The standard InChI is InChI=1S/C10H11Cl2N3/c1-14-10(13)4-5-15-7-2-3-8(11)9(12)6-7/h2-6,15H,1H3,(H2,13,14)/b5-4-. The monoisotopic (exact) mass is 243 g/mol. The van der Waals surface area contributed by atoms with Gasteiger partial charge in [-0.1, -0.05) is 23.2 Å². The number of benzene rings is 1. The van der Waals surface area contributed by atoms with Crippen LogP contribution in [0.5, 0.6) is 0 Å². The molecule has 0 saturated heterocycles. The Morgan fingerprint density at radius 3 is 2.73 bits per heavy atom. The van der Waals surface area contributed by atoms with E-state index in [2.05, 4.69) is 10.3 Å². The second-order valence-electron chi connectivity index (χ2n) is 2.76. The molecule has 5 heteroatoms. The van der Waals surface area contributed by atoms with Crippen molar-refractivity contribution in [2.75, 3.05) is 12.4 Å². The van der Waals surface area contributed by atoms with Crippen LogP contribution in [0.25, 0.3) is 0 Å². The highest BCUT2D eigenvalue weighted by Crippen LogP contribution is 2.24. The lowest BCUT2D eigenvalue weighted by atomic mass is 10.3. The molecule has 0 aromatic heterocycles. The molecular weight excluding hydrogens is 233 g/mol. The molecule has 0 heterocycles. The quantitative estimate of drug-likeness (QED) is 0.634. The van der Waals surface area contributed by atoms with E-state index in [1.54, 1.807) is 31.5 Å². The first-order valence-electron chi connectivity index (χ1n) is 4.24. The number of aliphatic imine (C=N–C) groups is 1. The van der Waals surface area contributed by atoms with Crippen molar-refractivity contribution < 1.29 is 0 Å². The maximum atomic E-state index is 5.84. The highest BCUT2D eigenvalue weighted by molar-refractivity contribution is 6.42. The lowest BCUT2D eigenvalue weighted by Gasteiger charge is -2.02. The zero-order valence-corrected chi connectivity index (χ0v) is 9.68. The maximum Gasteiger partial charge on any atom is 0.119 e. The first kappa shape index (κ1) is 11.9. The number of rotatable bonds is 3. The van der Waals surface area contributed by atoms with E-state index in [9.17, 15) is 0 Å². The SMILES string of the molecule is CN=C(N)/C=C\Nc1ccc(Cl)c(Cl)c1. The van der Waals surface area contributed by atoms with Crippen LogP contribution in [0.4, 0.5) is 5.69 Å². The molecule has 3 nitrogen and oxygen atoms in total. The van der Waals surface area contributed by atoms with Gasteiger partial charge >= 0.3 is 0 Å². The second-order valence-corrected chi connectivity index (χ2v) is 3.57. The summed E-state index contributed by atoms with van der Waals surface area (Å²) in [6.45, 7) is 0. The number of anilines is 1. The van der Waals surface area contributed by atoms with Crippen LogP contribution < -0.4 is 11.1 Å². The Balaban J connectivity index is 2.66. The Kier molecular flexibility index (Phi) is 4.46. The summed E-state index contributed by atoms with van der Waals surface area (Å²) in [6.07, 6.45) is 3.34. The molecule has 0 aliphatic rings. The molecule has 0 fully saturated rings. The summed E-state index contributed by atoms with van der Waals surface area (Å²) < 4.78 is 0. The van der Waals surface area contributed by atoms with Crippen LogP contribution in [0.1, 0.15) is 0 Å². The third-order valence-corrected chi connectivity index (χ3v) is 2.42. The summed E-state index contributed by atoms with van der Waals surface area (Å²) in [6, 6.07) is 5.27. The number of nitrogens with zero attached hydrogens (tertiary/aromatic N) is 1. The predicted molar refractivity (Wildman–Crippen MR) is 66.8 cm³/mol. The fourth-order valence-corrected chi connectivity index (χ4v) is 1.18. The number of hydrogen-bond donors (Lipinski definition) is 2. The molecule has 0 saturated carbocycles. The highest BCUT2D eigenvalue weighted by Gasteiger charge is 1.97. The van der Waals surface area contributed by atoms with Crippen molar-refractivity contribution in [2.45, 2.75) is 0 Å². The Bertz CT molecular complexity index is 400. The summed E-state index contributed by atoms with van der Waals surface area (Å²) in [5, 5.41) is 4.03. The molecule has 0 spiro atoms. The topological polar surface area (TPSA) is 50.4 Å². The largest absolute Gasteiger partial charge is 0.384 e. The van der Waals surface area contributed by atoms with Crippen LogP contribution in [0.15, 0.2) is 35.5 Å². The van der Waals surface area contributed by atoms with Gasteiger partial charge in [-0.2, -0.15) is 0 Å². The lowest BCUT2D eigenvalue weighted by molar-refractivity contribution is 1.41. The predicted octanol–water partition coefficient (Wildman–Crippen LogP) is 2.91. The summed E-state index contributed by atoms with van der Waals surface area (Å²) in [7, 11) is 1.62. The van der Waals surface area contributed by atoms with Gasteiger partial charge in [-0.05, 0) is 24.3 Å². The summed E-state index contributed by atoms with van der Waals surface area (Å²) in [4.78, 5) is 3.77. The van der Waals surface area contributed by atoms with E-state index in [-0.39, 0.29) is 0 Å². The van der Waals surface area contributed by atoms with Gasteiger partial charge in [0.2, 0.25) is 0 Å². The van der Waals surface area contributed by atoms with Crippen molar-refractivity contribution in [3.8, 4) is 0 Å². The minimum absolute atomic E-state index is 0.447. The van der Waals surface area contributed by atoms with Crippen molar-refractivity contribution in [1.29, 1.82) is 0 Å². The lowest BCUT2D eigenvalue weighted by Crippen LogP contribution is -2.07. The van der Waals surface area contributed by atoms with Gasteiger partial charge in [0.05, 0.1) is 10.0 Å². The summed E-state index contributed by atoms with van der Waals surface area (Å²) >= 11 is 11.6. The Hall–Kier alpha value is -1.19. The van der Waals surface area contributed by atoms with Crippen molar-refractivity contribution in [2.24, 2.45) is 10.7 Å². The van der Waals surface area contributed by atoms with Crippen LogP contribution in [0.3, 0.4) is 0 Å². The Morgan fingerprint density at radius 1 is 1.40 bits per heavy atom. The Morgan fingerprint density at radius 2 is 2.13 bits per heavy atom. The number of amidine groups is 1. The molecule has 0 amide bonds. The van der Waals surface area contributed by atoms with Gasteiger partial charge in [-0.25, -0.2) is 0 Å². The van der Waals surface area contributed by atoms with Gasteiger partial charge in [0.1, 0.15) is 5.84 Å². The fourth-order valence-electron chi connectivity index (χ4n) is 0.884. The van der Waals surface area contributed by atoms with Gasteiger partial charge in [-0.3, -0.25) is 4.99 Å². The third kappa shape index (κ3) is 3.81. The molecular formula is C10H11Cl2N3. The van der Waals surface area contributed by atoms with Crippen LogP contribution in [-0.2, 0) is 0 Å². The molecule has 80 valence electrons. The van der Waals surface area contributed by atoms with Gasteiger partial charge < -0.3 is 11.1 Å². The molecule has 1 aromatic carbocycles. The van der Waals surface area contributed by atoms with E-state index in [1.165, 1.54) is 0 Å². The third-order valence-electron chi connectivity index (χ3n) is 1.68. The van der Waals surface area contributed by atoms with Crippen molar-refractivity contribution >= 4 is 34.7 Å². The number of halogens is 2. The molecule has 0 radical (unpaired) electrons. The molecule has 0 aliphatic heterocycles. The van der Waals surface area contributed by atoms with Gasteiger partial charge in [-0.15, -0.1) is 0 Å². The minimum Gasteiger partial charge on any atom is -0.384 e. The maximum absolute atomic E-state index is 5.84. The smallest absolute Gasteiger partial charge is 0.119 e. The van der Waals surface area contributed by atoms with Crippen LogP contribution in [0, 0.1) is 0 Å². The molecule has 0 atom stereocenters. The number of hydrogen-bond acceptors (Lipinski definition) is 2. The van der Waals surface area contributed by atoms with Crippen molar-refractivity contribution in [1.82, 2.24) is 0 Å². The summed E-state index contributed by atoms with van der Waals surface area (Å²) in [5.41, 5.74) is 6.30. The normalized spacial score (nSPS) is 12.1. The molecule has 3 N–H and O–H groups in total. The molecule has 0 unspecified atom stereocenters. The van der Waals surface area contributed by atoms with E-state index in [0.717, 1.165) is 5.69 Å². The molecule has 15 heavy (non-hydrogen) atoms. The first-order chi connectivity index (χ1) is 7.13. The van der Waals surface area contributed by atoms with Gasteiger partial charge in [0, 0.05) is 18.9 Å². The number of nitrogens with one attached hydrogen (secondary N) is 1. The fraction of sp³-hybridized carbons (Fsp3) is 0.100. The minimum atomic E-state index is 0.447. The zero-order valence-electron chi connectivity index (χ0n) is 8.17. The van der Waals surface area contributed by atoms with E-state index < -0.39 is 0 Å². The van der Waals surface area contributed by atoms with E-state index in [1.807, 2.05) is 6.07 Å². The van der Waals surface area contributed by atoms with Crippen LogP contribution >= 0.6 is 23.2 Å². The van der Waals surface area contributed by atoms with E-state index in [0.29, 0.717) is 15.9 Å². The van der Waals surface area contributed by atoms with E-state index in [4.69, 9.17) is 28.9 Å². The van der Waals surface area contributed by atoms with Crippen molar-refractivity contribution in [3.05, 3.63) is 40.5 Å². The summed E-state index contributed by atoms with van der Waals surface area (Å²) in [5.74, 6) is 0.447. The second kappa shape index (κ2) is 5.63. The molecule has 0 aliphatic carbocycles. The van der Waals surface area contributed by atoms with Crippen LogP contribution in [-0.4, -0.2) is 12.9 Å². The van der Waals surface area contributed by atoms with Crippen molar-refractivity contribution in [3.63, 3.8) is 0 Å². The zero-order chi connectivity index (χ0) is 11.3. The number of nitrogens with two attached hydrogens (primary N) is 1. The Labute approximate surface area is 98.6 Å². The van der Waals surface area contributed by atoms with Gasteiger partial charge in [0.25, 0.3) is 0 Å². The average Bonchev–Trinajstić information content (AvgIpc) is 2.23. The van der Waals surface area contributed by atoms with Crippen LogP contribution in [0.2, 0.25) is 10.0 Å². The first-order valence-corrected chi connectivity index (χ1v) is 4.99. The molecule has 1 rings (SSSR count). The molecule has 1 aromatic rings.